The molecule has 0 heterocycles. The van der Waals surface area contributed by atoms with Gasteiger partial charge in [-0.05, 0) is 42.3 Å². The Kier molecular flexibility index (Phi) is 4.84. The molecule has 4 heteroatoms. The Labute approximate surface area is 130 Å². The maximum atomic E-state index is 11.6. The largest absolute Gasteiger partial charge is 0.497 e. The summed E-state index contributed by atoms with van der Waals surface area (Å²) in [6.45, 7) is 5.20. The molecular weight excluding hydrogens is 278 g/mol. The molecule has 0 amide bonds. The first-order chi connectivity index (χ1) is 10.5. The summed E-state index contributed by atoms with van der Waals surface area (Å²) in [4.78, 5) is 11.6. The lowest BCUT2D eigenvalue weighted by molar-refractivity contribution is -0.130. The first-order valence-corrected chi connectivity index (χ1v) is 6.89. The molecule has 0 saturated heterocycles. The summed E-state index contributed by atoms with van der Waals surface area (Å²) >= 11 is 0. The van der Waals surface area contributed by atoms with Gasteiger partial charge in [-0.3, -0.25) is 0 Å². The molecule has 114 valence electrons. The highest BCUT2D eigenvalue weighted by atomic mass is 16.5. The molecule has 0 aliphatic heterocycles. The average Bonchev–Trinajstić information content (AvgIpc) is 2.55. The van der Waals surface area contributed by atoms with E-state index in [1.54, 1.807) is 27.1 Å². The maximum absolute atomic E-state index is 11.6. The first-order valence-electron chi connectivity index (χ1n) is 6.89. The van der Waals surface area contributed by atoms with Gasteiger partial charge in [0.05, 0.1) is 12.8 Å². The van der Waals surface area contributed by atoms with Gasteiger partial charge in [-0.15, -0.1) is 0 Å². The van der Waals surface area contributed by atoms with Crippen LogP contribution in [0, 0.1) is 0 Å². The summed E-state index contributed by atoms with van der Waals surface area (Å²) in [5, 5.41) is 3.04. The van der Waals surface area contributed by atoms with Crippen LogP contribution in [0.25, 0.3) is 11.1 Å². The zero-order valence-corrected chi connectivity index (χ0v) is 13.0. The minimum atomic E-state index is -0.436. The van der Waals surface area contributed by atoms with Gasteiger partial charge in [-0.25, -0.2) is 4.79 Å². The number of esters is 1. The van der Waals surface area contributed by atoms with Crippen LogP contribution in [0.15, 0.2) is 54.6 Å². The van der Waals surface area contributed by atoms with Crippen molar-refractivity contribution < 1.29 is 14.3 Å². The zero-order valence-electron chi connectivity index (χ0n) is 13.0. The quantitative estimate of drug-likeness (QED) is 0.517. The van der Waals surface area contributed by atoms with E-state index in [9.17, 15) is 4.79 Å². The van der Waals surface area contributed by atoms with Crippen LogP contribution in [0.3, 0.4) is 0 Å². The second kappa shape index (κ2) is 6.80. The standard InChI is InChI=1S/C18H19NO3/c1-12(2)18(20)22-17-10-7-14(11-16(17)19-3)13-5-8-15(21-4)9-6-13/h5-11,19H,1H2,2-4H3. The molecule has 0 atom stereocenters. The van der Waals surface area contributed by atoms with E-state index in [1.807, 2.05) is 36.4 Å². The molecular formula is C18H19NO3. The Morgan fingerprint density at radius 1 is 1.09 bits per heavy atom. The second-order valence-electron chi connectivity index (χ2n) is 4.86. The third-order valence-corrected chi connectivity index (χ3v) is 3.22. The van der Waals surface area contributed by atoms with Gasteiger partial charge in [0.15, 0.2) is 5.75 Å². The van der Waals surface area contributed by atoms with Gasteiger partial charge in [-0.1, -0.05) is 24.8 Å². The SMILES string of the molecule is C=C(C)C(=O)Oc1ccc(-c2ccc(OC)cc2)cc1NC. The lowest BCUT2D eigenvalue weighted by Gasteiger charge is -2.12. The minimum Gasteiger partial charge on any atom is -0.497 e. The first kappa shape index (κ1) is 15.6. The van der Waals surface area contributed by atoms with Crippen molar-refractivity contribution >= 4 is 11.7 Å². The van der Waals surface area contributed by atoms with E-state index < -0.39 is 5.97 Å². The molecule has 0 aliphatic carbocycles. The Morgan fingerprint density at radius 3 is 2.27 bits per heavy atom. The number of methoxy groups -OCH3 is 1. The number of rotatable bonds is 5. The third kappa shape index (κ3) is 3.47. The molecule has 0 spiro atoms. The molecule has 0 aromatic heterocycles. The van der Waals surface area contributed by atoms with Crippen LogP contribution in [0.5, 0.6) is 11.5 Å². The number of hydrogen-bond acceptors (Lipinski definition) is 4. The molecule has 0 bridgehead atoms. The Hall–Kier alpha value is -2.75. The van der Waals surface area contributed by atoms with Crippen molar-refractivity contribution in [3.63, 3.8) is 0 Å². The van der Waals surface area contributed by atoms with E-state index in [0.717, 1.165) is 22.6 Å². The molecule has 2 aromatic carbocycles. The topological polar surface area (TPSA) is 47.6 Å². The molecule has 2 aromatic rings. The Bertz CT molecular complexity index is 690. The van der Waals surface area contributed by atoms with Crippen LogP contribution < -0.4 is 14.8 Å². The molecule has 4 nitrogen and oxygen atoms in total. The normalized spacial score (nSPS) is 9.95. The molecule has 0 saturated carbocycles. The summed E-state index contributed by atoms with van der Waals surface area (Å²) in [7, 11) is 3.42. The highest BCUT2D eigenvalue weighted by Crippen LogP contribution is 2.31. The van der Waals surface area contributed by atoms with Crippen LogP contribution in [0.1, 0.15) is 6.92 Å². The van der Waals surface area contributed by atoms with E-state index >= 15 is 0 Å². The number of carbonyl (C=O) groups excluding carboxylic acids is 1. The summed E-state index contributed by atoms with van der Waals surface area (Å²) in [5.41, 5.74) is 3.17. The van der Waals surface area contributed by atoms with Crippen LogP contribution in [-0.2, 0) is 4.79 Å². The molecule has 0 fully saturated rings. The lowest BCUT2D eigenvalue weighted by Crippen LogP contribution is -2.09. The van der Waals surface area contributed by atoms with Gasteiger partial charge in [0.25, 0.3) is 0 Å². The monoisotopic (exact) mass is 297 g/mol. The van der Waals surface area contributed by atoms with Gasteiger partial charge >= 0.3 is 5.97 Å². The Morgan fingerprint density at radius 2 is 1.73 bits per heavy atom. The zero-order chi connectivity index (χ0) is 16.1. The van der Waals surface area contributed by atoms with E-state index in [1.165, 1.54) is 0 Å². The number of hydrogen-bond donors (Lipinski definition) is 1. The number of nitrogens with one attached hydrogen (secondary N) is 1. The van der Waals surface area contributed by atoms with Gasteiger partial charge < -0.3 is 14.8 Å². The molecule has 0 unspecified atom stereocenters. The van der Waals surface area contributed by atoms with Crippen molar-refractivity contribution in [3.05, 3.63) is 54.6 Å². The fourth-order valence-electron chi connectivity index (χ4n) is 1.96. The van der Waals surface area contributed by atoms with Crippen molar-refractivity contribution in [2.24, 2.45) is 0 Å². The van der Waals surface area contributed by atoms with Crippen LogP contribution in [0.2, 0.25) is 0 Å². The van der Waals surface area contributed by atoms with Crippen LogP contribution in [0.4, 0.5) is 5.69 Å². The fraction of sp³-hybridized carbons (Fsp3) is 0.167. The van der Waals surface area contributed by atoms with Gasteiger partial charge in [0.1, 0.15) is 5.75 Å². The fourth-order valence-corrected chi connectivity index (χ4v) is 1.96. The van der Waals surface area contributed by atoms with E-state index in [4.69, 9.17) is 9.47 Å². The molecule has 0 radical (unpaired) electrons. The van der Waals surface area contributed by atoms with Crippen molar-refractivity contribution in [2.45, 2.75) is 6.92 Å². The van der Waals surface area contributed by atoms with Crippen LogP contribution in [-0.4, -0.2) is 20.1 Å². The van der Waals surface area contributed by atoms with E-state index in [2.05, 4.69) is 11.9 Å². The van der Waals surface area contributed by atoms with Crippen molar-refractivity contribution in [2.75, 3.05) is 19.5 Å². The number of ether oxygens (including phenoxy) is 2. The van der Waals surface area contributed by atoms with Crippen molar-refractivity contribution in [1.29, 1.82) is 0 Å². The summed E-state index contributed by atoms with van der Waals surface area (Å²) in [6.07, 6.45) is 0. The van der Waals surface area contributed by atoms with Gasteiger partial charge in [0, 0.05) is 12.6 Å². The van der Waals surface area contributed by atoms with Gasteiger partial charge in [0.2, 0.25) is 0 Å². The summed E-state index contributed by atoms with van der Waals surface area (Å²) < 4.78 is 10.5. The average molecular weight is 297 g/mol. The molecule has 1 N–H and O–H groups in total. The summed E-state index contributed by atoms with van der Waals surface area (Å²) in [6, 6.07) is 13.4. The highest BCUT2D eigenvalue weighted by Gasteiger charge is 2.10. The van der Waals surface area contributed by atoms with Gasteiger partial charge in [-0.2, -0.15) is 0 Å². The van der Waals surface area contributed by atoms with E-state index in [-0.39, 0.29) is 0 Å². The second-order valence-corrected chi connectivity index (χ2v) is 4.86. The predicted octanol–water partition coefficient (Wildman–Crippen LogP) is 3.89. The number of carbonyl (C=O) groups is 1. The van der Waals surface area contributed by atoms with Crippen LogP contribution >= 0.6 is 0 Å². The highest BCUT2D eigenvalue weighted by molar-refractivity contribution is 5.90. The number of anilines is 1. The molecule has 0 aliphatic rings. The van der Waals surface area contributed by atoms with Crippen molar-refractivity contribution in [1.82, 2.24) is 0 Å². The minimum absolute atomic E-state index is 0.362. The molecule has 22 heavy (non-hydrogen) atoms. The maximum Gasteiger partial charge on any atom is 0.338 e. The Balaban J connectivity index is 2.31. The predicted molar refractivity (Wildman–Crippen MR) is 88.4 cm³/mol. The lowest BCUT2D eigenvalue weighted by atomic mass is 10.0. The summed E-state index contributed by atoms with van der Waals surface area (Å²) in [5.74, 6) is 0.853. The third-order valence-electron chi connectivity index (χ3n) is 3.22. The molecule has 2 rings (SSSR count). The van der Waals surface area contributed by atoms with Crippen molar-refractivity contribution in [3.8, 4) is 22.6 Å². The number of benzene rings is 2. The smallest absolute Gasteiger partial charge is 0.338 e. The van der Waals surface area contributed by atoms with E-state index in [0.29, 0.717) is 11.3 Å².